The summed E-state index contributed by atoms with van der Waals surface area (Å²) in [5.41, 5.74) is 2.58. The number of carbonyl (C=O) groups is 1. The summed E-state index contributed by atoms with van der Waals surface area (Å²) in [5, 5.41) is 18.5. The van der Waals surface area contributed by atoms with Crippen LogP contribution in [0.25, 0.3) is 11.5 Å². The highest BCUT2D eigenvalue weighted by Gasteiger charge is 2.19. The smallest absolute Gasteiger partial charge is 0.294 e. The molecule has 150 valence electrons. The fraction of sp³-hybridized carbons (Fsp3) is 0.100. The van der Waals surface area contributed by atoms with Crippen LogP contribution in [0.4, 0.5) is 11.4 Å². The summed E-state index contributed by atoms with van der Waals surface area (Å²) in [4.78, 5) is 31.8. The van der Waals surface area contributed by atoms with Gasteiger partial charge in [-0.3, -0.25) is 14.9 Å². The van der Waals surface area contributed by atoms with Gasteiger partial charge < -0.3 is 9.88 Å². The summed E-state index contributed by atoms with van der Waals surface area (Å²) in [5.74, 6) is 0.148. The van der Waals surface area contributed by atoms with Crippen molar-refractivity contribution in [3.8, 4) is 11.5 Å². The molecule has 4 aromatic rings. The van der Waals surface area contributed by atoms with Crippen LogP contribution in [-0.4, -0.2) is 35.1 Å². The van der Waals surface area contributed by atoms with Gasteiger partial charge in [0.1, 0.15) is 5.69 Å². The lowest BCUT2D eigenvalue weighted by Gasteiger charge is -2.09. The van der Waals surface area contributed by atoms with Gasteiger partial charge in [-0.05, 0) is 44.2 Å². The Morgan fingerprint density at radius 1 is 1.17 bits per heavy atom. The molecule has 30 heavy (non-hydrogen) atoms. The number of nitrogens with one attached hydrogen (secondary N) is 1. The van der Waals surface area contributed by atoms with E-state index in [1.807, 2.05) is 19.9 Å². The molecule has 1 amide bonds. The largest absolute Gasteiger partial charge is 0.321 e. The second-order valence-corrected chi connectivity index (χ2v) is 6.63. The number of pyridine rings is 1. The number of hydrogen-bond acceptors (Lipinski definition) is 6. The molecule has 4 rings (SSSR count). The maximum atomic E-state index is 12.6. The third-order valence-electron chi connectivity index (χ3n) is 4.45. The first-order chi connectivity index (χ1) is 14.4. The number of rotatable bonds is 5. The van der Waals surface area contributed by atoms with E-state index in [9.17, 15) is 14.9 Å². The van der Waals surface area contributed by atoms with Crippen LogP contribution in [0.1, 0.15) is 21.7 Å². The van der Waals surface area contributed by atoms with E-state index in [-0.39, 0.29) is 11.3 Å². The van der Waals surface area contributed by atoms with E-state index >= 15 is 0 Å². The van der Waals surface area contributed by atoms with E-state index in [0.717, 1.165) is 11.4 Å². The number of nitro groups is 1. The number of carbonyl (C=O) groups excluding carboxylic acids is 1. The predicted molar refractivity (Wildman–Crippen MR) is 109 cm³/mol. The summed E-state index contributed by atoms with van der Waals surface area (Å²) < 4.78 is 3.22. The molecule has 0 fully saturated rings. The minimum atomic E-state index is -0.531. The zero-order valence-corrected chi connectivity index (χ0v) is 16.2. The van der Waals surface area contributed by atoms with Gasteiger partial charge >= 0.3 is 0 Å². The van der Waals surface area contributed by atoms with Crippen molar-refractivity contribution >= 4 is 17.3 Å². The predicted octanol–water partition coefficient (Wildman–Crippen LogP) is 3.23. The highest BCUT2D eigenvalue weighted by atomic mass is 16.6. The molecular formula is C20H17N7O3. The van der Waals surface area contributed by atoms with Gasteiger partial charge in [0.25, 0.3) is 11.6 Å². The fourth-order valence-electron chi connectivity index (χ4n) is 3.08. The molecule has 0 aliphatic heterocycles. The molecule has 0 bridgehead atoms. The molecule has 0 saturated carbocycles. The molecule has 0 aliphatic rings. The first-order valence-corrected chi connectivity index (χ1v) is 9.00. The van der Waals surface area contributed by atoms with Gasteiger partial charge in [0.05, 0.1) is 28.8 Å². The third kappa shape index (κ3) is 3.65. The molecule has 0 spiro atoms. The van der Waals surface area contributed by atoms with Gasteiger partial charge in [-0.25, -0.2) is 14.6 Å². The summed E-state index contributed by atoms with van der Waals surface area (Å²) in [6.07, 6.45) is 6.08. The number of anilines is 1. The summed E-state index contributed by atoms with van der Waals surface area (Å²) in [6, 6.07) is 9.65. The van der Waals surface area contributed by atoms with Gasteiger partial charge in [-0.15, -0.1) is 0 Å². The molecule has 0 saturated heterocycles. The van der Waals surface area contributed by atoms with Gasteiger partial charge in [0.15, 0.2) is 5.82 Å². The lowest BCUT2D eigenvalue weighted by Crippen LogP contribution is -2.13. The number of benzene rings is 1. The van der Waals surface area contributed by atoms with Crippen LogP contribution >= 0.6 is 0 Å². The number of amides is 1. The number of nitrogens with zero attached hydrogens (tertiary/aromatic N) is 6. The molecule has 0 atom stereocenters. The molecule has 0 unspecified atom stereocenters. The quantitative estimate of drug-likeness (QED) is 0.403. The van der Waals surface area contributed by atoms with Crippen LogP contribution < -0.4 is 5.32 Å². The van der Waals surface area contributed by atoms with Crippen molar-refractivity contribution < 1.29 is 9.72 Å². The maximum Gasteiger partial charge on any atom is 0.294 e. The average molecular weight is 403 g/mol. The molecule has 1 aromatic carbocycles. The van der Waals surface area contributed by atoms with Crippen molar-refractivity contribution in [1.29, 1.82) is 0 Å². The molecule has 10 heteroatoms. The van der Waals surface area contributed by atoms with Crippen LogP contribution in [0.2, 0.25) is 0 Å². The molecule has 3 aromatic heterocycles. The van der Waals surface area contributed by atoms with Gasteiger partial charge in [0.2, 0.25) is 0 Å². The Morgan fingerprint density at radius 3 is 2.60 bits per heavy atom. The fourth-order valence-corrected chi connectivity index (χ4v) is 3.08. The van der Waals surface area contributed by atoms with Crippen LogP contribution in [0.15, 0.2) is 61.3 Å². The van der Waals surface area contributed by atoms with Crippen LogP contribution in [0.3, 0.4) is 0 Å². The second kappa shape index (κ2) is 7.59. The van der Waals surface area contributed by atoms with E-state index in [0.29, 0.717) is 17.2 Å². The number of aromatic nitrogens is 5. The molecule has 1 N–H and O–H groups in total. The molecule has 10 nitrogen and oxygen atoms in total. The normalized spacial score (nSPS) is 10.7. The number of imidazole rings is 1. The number of hydrogen-bond donors (Lipinski definition) is 1. The molecule has 0 radical (unpaired) electrons. The third-order valence-corrected chi connectivity index (χ3v) is 4.45. The van der Waals surface area contributed by atoms with Gasteiger partial charge in [-0.1, -0.05) is 0 Å². The lowest BCUT2D eigenvalue weighted by molar-refractivity contribution is -0.384. The highest BCUT2D eigenvalue weighted by molar-refractivity contribution is 6.04. The summed E-state index contributed by atoms with van der Waals surface area (Å²) >= 11 is 0. The zero-order chi connectivity index (χ0) is 21.3. The van der Waals surface area contributed by atoms with Crippen LogP contribution in [0, 0.1) is 24.0 Å². The monoisotopic (exact) mass is 403 g/mol. The van der Waals surface area contributed by atoms with Crippen molar-refractivity contribution in [3.63, 3.8) is 0 Å². The molecular weight excluding hydrogens is 386 g/mol. The number of nitro benzene ring substituents is 1. The topological polar surface area (TPSA) is 121 Å². The molecule has 3 heterocycles. The van der Waals surface area contributed by atoms with Crippen molar-refractivity contribution in [2.24, 2.45) is 0 Å². The first-order valence-electron chi connectivity index (χ1n) is 9.00. The van der Waals surface area contributed by atoms with Crippen LogP contribution in [0.5, 0.6) is 0 Å². The van der Waals surface area contributed by atoms with Gasteiger partial charge in [-0.2, -0.15) is 5.10 Å². The minimum Gasteiger partial charge on any atom is -0.321 e. The van der Waals surface area contributed by atoms with Crippen molar-refractivity contribution in [1.82, 2.24) is 24.3 Å². The van der Waals surface area contributed by atoms with E-state index < -0.39 is 10.8 Å². The maximum absolute atomic E-state index is 12.6. The standard InChI is InChI=1S/C20H17N7O3/c1-13-9-14(2)26(24-13)19-6-4-16(11-22-19)23-20(28)15-3-5-17(18(10-15)27(29)30)25-8-7-21-12-25/h3-12H,1-2H3,(H,23,28). The zero-order valence-electron chi connectivity index (χ0n) is 16.2. The van der Waals surface area contributed by atoms with E-state index in [2.05, 4.69) is 20.4 Å². The van der Waals surface area contributed by atoms with Crippen LogP contribution in [-0.2, 0) is 0 Å². The highest BCUT2D eigenvalue weighted by Crippen LogP contribution is 2.24. The number of aryl methyl sites for hydroxylation is 2. The van der Waals surface area contributed by atoms with Crippen molar-refractivity contribution in [2.75, 3.05) is 5.32 Å². The van der Waals surface area contributed by atoms with E-state index in [1.54, 1.807) is 23.0 Å². The van der Waals surface area contributed by atoms with E-state index in [4.69, 9.17) is 0 Å². The lowest BCUT2D eigenvalue weighted by atomic mass is 10.1. The Morgan fingerprint density at radius 2 is 2.00 bits per heavy atom. The first kappa shape index (κ1) is 19.0. The van der Waals surface area contributed by atoms with Crippen molar-refractivity contribution in [2.45, 2.75) is 13.8 Å². The summed E-state index contributed by atoms with van der Waals surface area (Å²) in [6.45, 7) is 3.83. The summed E-state index contributed by atoms with van der Waals surface area (Å²) in [7, 11) is 0. The Balaban J connectivity index is 1.56. The Hall–Kier alpha value is -4.34. The Kier molecular flexibility index (Phi) is 4.80. The Bertz CT molecular complexity index is 1230. The minimum absolute atomic E-state index is 0.160. The van der Waals surface area contributed by atoms with E-state index in [1.165, 1.54) is 41.5 Å². The second-order valence-electron chi connectivity index (χ2n) is 6.63. The molecule has 0 aliphatic carbocycles. The average Bonchev–Trinajstić information content (AvgIpc) is 3.37. The van der Waals surface area contributed by atoms with Crippen molar-refractivity contribution in [3.05, 3.63) is 88.4 Å². The Labute approximate surface area is 171 Å². The SMILES string of the molecule is Cc1cc(C)n(-c2ccc(NC(=O)c3ccc(-n4ccnc4)c([N+](=O)[O-])c3)cn2)n1. The van der Waals surface area contributed by atoms with Gasteiger partial charge in [0, 0.05) is 29.7 Å².